The van der Waals surface area contributed by atoms with Crippen LogP contribution in [-0.4, -0.2) is 26.4 Å². The average Bonchev–Trinajstić information content (AvgIpc) is 3.00. The van der Waals surface area contributed by atoms with E-state index in [-0.39, 0.29) is 5.41 Å². The van der Waals surface area contributed by atoms with Gasteiger partial charge in [-0.25, -0.2) is 0 Å². The van der Waals surface area contributed by atoms with Crippen LogP contribution in [0.4, 0.5) is 0 Å². The lowest BCUT2D eigenvalue weighted by Crippen LogP contribution is -2.32. The Morgan fingerprint density at radius 1 is 1.00 bits per heavy atom. The van der Waals surface area contributed by atoms with E-state index in [0.29, 0.717) is 22.7 Å². The molecule has 0 amide bonds. The van der Waals surface area contributed by atoms with E-state index >= 15 is 0 Å². The first-order valence-electron chi connectivity index (χ1n) is 10.5. The molecular weight excluding hydrogens is 308 g/mol. The van der Waals surface area contributed by atoms with Crippen LogP contribution in [0.5, 0.6) is 0 Å². The third-order valence-corrected chi connectivity index (χ3v) is 7.15. The molecule has 2 heteroatoms. The molecule has 1 rings (SSSR count). The highest BCUT2D eigenvalue weighted by Crippen LogP contribution is 2.37. The van der Waals surface area contributed by atoms with E-state index in [1.165, 1.54) is 25.7 Å². The van der Waals surface area contributed by atoms with E-state index in [2.05, 4.69) is 62.3 Å². The molecule has 0 aliphatic carbocycles. The van der Waals surface area contributed by atoms with Gasteiger partial charge in [-0.3, -0.25) is 0 Å². The maximum absolute atomic E-state index is 6.19. The first-order chi connectivity index (χ1) is 11.4. The SMILES string of the molecule is CC(CCCC(C)(C)C(C)COCC(C)(C)C1CCOC1)C(C)(C)C. The number of ether oxygens (including phenoxy) is 2. The predicted octanol–water partition coefficient (Wildman–Crippen LogP) is 6.58. The standard InChI is InChI=1S/C23H46O2/c1-18(21(3,4)5)11-10-13-22(6,7)19(2)15-25-17-23(8,9)20-12-14-24-16-20/h18-20H,10-17H2,1-9H3. The molecular formula is C23H46O2. The minimum atomic E-state index is 0.225. The van der Waals surface area contributed by atoms with Crippen molar-refractivity contribution in [2.75, 3.05) is 26.4 Å². The second kappa shape index (κ2) is 9.22. The summed E-state index contributed by atoms with van der Waals surface area (Å²) >= 11 is 0. The number of hydrogen-bond donors (Lipinski definition) is 0. The van der Waals surface area contributed by atoms with E-state index in [1.54, 1.807) is 0 Å². The third-order valence-electron chi connectivity index (χ3n) is 7.15. The van der Waals surface area contributed by atoms with E-state index < -0.39 is 0 Å². The minimum absolute atomic E-state index is 0.225. The van der Waals surface area contributed by atoms with Crippen LogP contribution in [0.1, 0.15) is 88.0 Å². The summed E-state index contributed by atoms with van der Waals surface area (Å²) < 4.78 is 11.7. The lowest BCUT2D eigenvalue weighted by atomic mass is 9.73. The highest BCUT2D eigenvalue weighted by molar-refractivity contribution is 4.82. The van der Waals surface area contributed by atoms with Crippen LogP contribution in [0.3, 0.4) is 0 Å². The predicted molar refractivity (Wildman–Crippen MR) is 109 cm³/mol. The van der Waals surface area contributed by atoms with Crippen molar-refractivity contribution >= 4 is 0 Å². The van der Waals surface area contributed by atoms with Crippen LogP contribution in [0, 0.1) is 34.0 Å². The zero-order valence-corrected chi connectivity index (χ0v) is 18.7. The summed E-state index contributed by atoms with van der Waals surface area (Å²) in [6, 6.07) is 0. The van der Waals surface area contributed by atoms with Crippen molar-refractivity contribution in [1.82, 2.24) is 0 Å². The molecule has 0 N–H and O–H groups in total. The Morgan fingerprint density at radius 2 is 1.64 bits per heavy atom. The van der Waals surface area contributed by atoms with Gasteiger partial charge >= 0.3 is 0 Å². The summed E-state index contributed by atoms with van der Waals surface area (Å²) in [4.78, 5) is 0. The highest BCUT2D eigenvalue weighted by atomic mass is 16.5. The molecule has 0 radical (unpaired) electrons. The molecule has 0 saturated carbocycles. The molecule has 3 atom stereocenters. The largest absolute Gasteiger partial charge is 0.381 e. The Hall–Kier alpha value is -0.0800. The molecule has 1 saturated heterocycles. The molecule has 1 aliphatic heterocycles. The van der Waals surface area contributed by atoms with Crippen LogP contribution in [0.25, 0.3) is 0 Å². The molecule has 1 fully saturated rings. The molecule has 0 aromatic rings. The maximum atomic E-state index is 6.19. The normalized spacial score (nSPS) is 22.2. The lowest BCUT2D eigenvalue weighted by Gasteiger charge is -2.35. The molecule has 0 spiro atoms. The van der Waals surface area contributed by atoms with Crippen LogP contribution < -0.4 is 0 Å². The van der Waals surface area contributed by atoms with Gasteiger partial charge in [0.25, 0.3) is 0 Å². The van der Waals surface area contributed by atoms with E-state index in [9.17, 15) is 0 Å². The van der Waals surface area contributed by atoms with E-state index in [4.69, 9.17) is 9.47 Å². The Labute approximate surface area is 158 Å². The van der Waals surface area contributed by atoms with Crippen LogP contribution in [0.2, 0.25) is 0 Å². The van der Waals surface area contributed by atoms with Crippen LogP contribution >= 0.6 is 0 Å². The first kappa shape index (κ1) is 23.0. The van der Waals surface area contributed by atoms with Crippen molar-refractivity contribution in [1.29, 1.82) is 0 Å². The van der Waals surface area contributed by atoms with Crippen molar-refractivity contribution in [3.05, 3.63) is 0 Å². The Balaban J connectivity index is 2.33. The average molecular weight is 355 g/mol. The van der Waals surface area contributed by atoms with Gasteiger partial charge in [-0.1, -0.05) is 75.2 Å². The van der Waals surface area contributed by atoms with Crippen molar-refractivity contribution in [3.8, 4) is 0 Å². The Morgan fingerprint density at radius 3 is 2.16 bits per heavy atom. The molecule has 0 aromatic carbocycles. The molecule has 2 nitrogen and oxygen atoms in total. The molecule has 1 heterocycles. The van der Waals surface area contributed by atoms with Gasteiger partial charge in [-0.15, -0.1) is 0 Å². The van der Waals surface area contributed by atoms with Gasteiger partial charge in [-0.2, -0.15) is 0 Å². The summed E-state index contributed by atoms with van der Waals surface area (Å²) in [5.41, 5.74) is 0.995. The van der Waals surface area contributed by atoms with Gasteiger partial charge in [0.2, 0.25) is 0 Å². The summed E-state index contributed by atoms with van der Waals surface area (Å²) in [5, 5.41) is 0. The lowest BCUT2D eigenvalue weighted by molar-refractivity contribution is -0.0100. The van der Waals surface area contributed by atoms with Crippen molar-refractivity contribution < 1.29 is 9.47 Å². The zero-order valence-electron chi connectivity index (χ0n) is 18.7. The number of rotatable bonds is 10. The van der Waals surface area contributed by atoms with E-state index in [0.717, 1.165) is 32.3 Å². The minimum Gasteiger partial charge on any atom is -0.381 e. The second-order valence-electron chi connectivity index (χ2n) is 11.1. The topological polar surface area (TPSA) is 18.5 Å². The smallest absolute Gasteiger partial charge is 0.0520 e. The van der Waals surface area contributed by atoms with Crippen molar-refractivity contribution in [2.24, 2.45) is 34.0 Å². The van der Waals surface area contributed by atoms with Crippen molar-refractivity contribution in [2.45, 2.75) is 88.0 Å². The molecule has 0 aromatic heterocycles. The maximum Gasteiger partial charge on any atom is 0.0520 e. The van der Waals surface area contributed by atoms with Crippen molar-refractivity contribution in [3.63, 3.8) is 0 Å². The fraction of sp³-hybridized carbons (Fsp3) is 1.00. The number of hydrogen-bond acceptors (Lipinski definition) is 2. The summed E-state index contributed by atoms with van der Waals surface area (Å²) in [6.07, 6.45) is 5.12. The third kappa shape index (κ3) is 7.59. The van der Waals surface area contributed by atoms with Gasteiger partial charge in [0, 0.05) is 13.2 Å². The summed E-state index contributed by atoms with van der Waals surface area (Å²) in [7, 11) is 0. The fourth-order valence-electron chi connectivity index (χ4n) is 3.54. The quantitative estimate of drug-likeness (QED) is 0.441. The van der Waals surface area contributed by atoms with Crippen LogP contribution in [-0.2, 0) is 9.47 Å². The molecule has 0 bridgehead atoms. The molecule has 1 aliphatic rings. The highest BCUT2D eigenvalue weighted by Gasteiger charge is 2.33. The van der Waals surface area contributed by atoms with Gasteiger partial charge in [-0.05, 0) is 46.8 Å². The second-order valence-corrected chi connectivity index (χ2v) is 11.1. The molecule has 25 heavy (non-hydrogen) atoms. The molecule has 150 valence electrons. The van der Waals surface area contributed by atoms with Gasteiger partial charge in [0.1, 0.15) is 0 Å². The summed E-state index contributed by atoms with van der Waals surface area (Å²) in [5.74, 6) is 2.02. The van der Waals surface area contributed by atoms with Gasteiger partial charge in [0.05, 0.1) is 13.2 Å². The van der Waals surface area contributed by atoms with E-state index in [1.807, 2.05) is 0 Å². The van der Waals surface area contributed by atoms with Crippen LogP contribution in [0.15, 0.2) is 0 Å². The first-order valence-corrected chi connectivity index (χ1v) is 10.5. The monoisotopic (exact) mass is 354 g/mol. The van der Waals surface area contributed by atoms with Gasteiger partial charge in [0.15, 0.2) is 0 Å². The summed E-state index contributed by atoms with van der Waals surface area (Å²) in [6.45, 7) is 24.9. The molecule has 3 unspecified atom stereocenters. The van der Waals surface area contributed by atoms with Gasteiger partial charge < -0.3 is 9.47 Å². The fourth-order valence-corrected chi connectivity index (χ4v) is 3.54. The zero-order chi connectivity index (χ0) is 19.3. The Kier molecular flexibility index (Phi) is 8.47. The Bertz CT molecular complexity index is 372.